The number of hydrogen-bond donors (Lipinski definition) is 1. The van der Waals surface area contributed by atoms with Crippen molar-refractivity contribution in [2.45, 2.75) is 18.7 Å². The molecule has 1 N–H and O–H groups in total. The van der Waals surface area contributed by atoms with E-state index in [1.165, 1.54) is 12.1 Å². The average Bonchev–Trinajstić information content (AvgIpc) is 3.12. The van der Waals surface area contributed by atoms with E-state index in [0.717, 1.165) is 23.5 Å². The van der Waals surface area contributed by atoms with Crippen molar-refractivity contribution < 1.29 is 22.7 Å². The van der Waals surface area contributed by atoms with Gasteiger partial charge in [0.25, 0.3) is 5.91 Å². The summed E-state index contributed by atoms with van der Waals surface area (Å²) < 4.78 is 46.5. The highest BCUT2D eigenvalue weighted by Gasteiger charge is 2.30. The van der Waals surface area contributed by atoms with Crippen molar-refractivity contribution in [1.82, 2.24) is 14.7 Å². The number of aromatic nitrogens is 2. The molecule has 1 aliphatic rings. The molecule has 0 saturated carbocycles. The summed E-state index contributed by atoms with van der Waals surface area (Å²) in [6.07, 6.45) is -0.334. The first-order valence-corrected chi connectivity index (χ1v) is 10.1. The van der Waals surface area contributed by atoms with E-state index >= 15 is 0 Å². The maximum atomic E-state index is 12.8. The first-order valence-electron chi connectivity index (χ1n) is 10.1. The number of imidazole rings is 1. The van der Waals surface area contributed by atoms with Gasteiger partial charge in [-0.25, -0.2) is 4.98 Å². The molecular formula is C24H18F3N3O2. The maximum Gasteiger partial charge on any atom is 0.416 e. The summed E-state index contributed by atoms with van der Waals surface area (Å²) in [5.74, 6) is 0.149. The molecule has 162 valence electrons. The summed E-state index contributed by atoms with van der Waals surface area (Å²) in [6, 6.07) is 15.7. The number of nitrogens with zero attached hydrogens (tertiary/aromatic N) is 2. The van der Waals surface area contributed by atoms with Crippen molar-refractivity contribution in [2.24, 2.45) is 0 Å². The summed E-state index contributed by atoms with van der Waals surface area (Å²) in [7, 11) is 0. The lowest BCUT2D eigenvalue weighted by Crippen LogP contribution is -2.33. The summed E-state index contributed by atoms with van der Waals surface area (Å²) in [5.41, 5.74) is 2.53. The molecule has 5 nitrogen and oxygen atoms in total. The van der Waals surface area contributed by atoms with Crippen LogP contribution in [-0.4, -0.2) is 27.9 Å². The lowest BCUT2D eigenvalue weighted by Gasteiger charge is -2.16. The van der Waals surface area contributed by atoms with Crippen LogP contribution in [0.1, 0.15) is 21.6 Å². The Balaban J connectivity index is 1.39. The Labute approximate surface area is 181 Å². The van der Waals surface area contributed by atoms with Crippen molar-refractivity contribution in [3.63, 3.8) is 0 Å². The minimum atomic E-state index is -4.39. The van der Waals surface area contributed by atoms with Crippen LogP contribution in [0.4, 0.5) is 13.2 Å². The van der Waals surface area contributed by atoms with Crippen LogP contribution in [-0.2, 0) is 12.6 Å². The van der Waals surface area contributed by atoms with Crippen LogP contribution >= 0.6 is 0 Å². The number of pyridine rings is 1. The Bertz CT molecular complexity index is 1260. The quantitative estimate of drug-likeness (QED) is 0.503. The molecule has 1 amide bonds. The molecule has 1 unspecified atom stereocenters. The highest BCUT2D eigenvalue weighted by molar-refractivity contribution is 5.98. The van der Waals surface area contributed by atoms with Crippen LogP contribution in [0.5, 0.6) is 5.75 Å². The molecule has 1 atom stereocenters. The van der Waals surface area contributed by atoms with Gasteiger partial charge in [0.2, 0.25) is 0 Å². The lowest BCUT2D eigenvalue weighted by atomic mass is 10.0. The average molecular weight is 437 g/mol. The zero-order valence-corrected chi connectivity index (χ0v) is 16.8. The SMILES string of the molecule is O=C1NCC(Cc2cn3ccccc3n2)Oc2ccc(-c3ccc(C(F)(F)F)cc3)cc21. The second-order valence-corrected chi connectivity index (χ2v) is 7.64. The number of benzene rings is 2. The van der Waals surface area contributed by atoms with Crippen molar-refractivity contribution >= 4 is 11.6 Å². The predicted octanol–water partition coefficient (Wildman–Crippen LogP) is 4.75. The molecule has 0 saturated heterocycles. The number of carbonyl (C=O) groups is 1. The number of ether oxygens (including phenoxy) is 1. The van der Waals surface area contributed by atoms with E-state index in [4.69, 9.17) is 4.74 Å². The van der Waals surface area contributed by atoms with Crippen LogP contribution in [0.25, 0.3) is 16.8 Å². The molecule has 4 aromatic rings. The van der Waals surface area contributed by atoms with E-state index in [2.05, 4.69) is 10.3 Å². The summed E-state index contributed by atoms with van der Waals surface area (Å²) in [6.45, 7) is 0.316. The van der Waals surface area contributed by atoms with E-state index in [1.54, 1.807) is 18.2 Å². The number of fused-ring (bicyclic) bond motifs is 2. The van der Waals surface area contributed by atoms with Gasteiger partial charge in [-0.1, -0.05) is 24.3 Å². The number of carbonyl (C=O) groups excluding carboxylic acids is 1. The molecular weight excluding hydrogens is 419 g/mol. The van der Waals surface area contributed by atoms with Crippen molar-refractivity contribution in [1.29, 1.82) is 0 Å². The fourth-order valence-corrected chi connectivity index (χ4v) is 3.80. The van der Waals surface area contributed by atoms with Gasteiger partial charge in [-0.15, -0.1) is 0 Å². The second kappa shape index (κ2) is 7.71. The van der Waals surface area contributed by atoms with Crippen LogP contribution in [0, 0.1) is 0 Å². The largest absolute Gasteiger partial charge is 0.487 e. The normalized spacial score (nSPS) is 16.2. The molecule has 8 heteroatoms. The Morgan fingerprint density at radius 3 is 2.59 bits per heavy atom. The number of amides is 1. The van der Waals surface area contributed by atoms with E-state index < -0.39 is 11.7 Å². The van der Waals surface area contributed by atoms with Crippen molar-refractivity contribution in [3.8, 4) is 16.9 Å². The fraction of sp³-hybridized carbons (Fsp3) is 0.167. The Morgan fingerprint density at radius 1 is 1.06 bits per heavy atom. The van der Waals surface area contributed by atoms with Gasteiger partial charge in [-0.3, -0.25) is 4.79 Å². The van der Waals surface area contributed by atoms with Crippen LogP contribution < -0.4 is 10.1 Å². The molecule has 0 bridgehead atoms. The second-order valence-electron chi connectivity index (χ2n) is 7.64. The molecule has 32 heavy (non-hydrogen) atoms. The monoisotopic (exact) mass is 437 g/mol. The van der Waals surface area contributed by atoms with E-state index in [9.17, 15) is 18.0 Å². The summed E-state index contributed by atoms with van der Waals surface area (Å²) in [5, 5.41) is 2.87. The number of alkyl halides is 3. The lowest BCUT2D eigenvalue weighted by molar-refractivity contribution is -0.137. The van der Waals surface area contributed by atoms with Gasteiger partial charge >= 0.3 is 6.18 Å². The van der Waals surface area contributed by atoms with Crippen LogP contribution in [0.2, 0.25) is 0 Å². The Morgan fingerprint density at radius 2 is 1.84 bits per heavy atom. The van der Waals surface area contributed by atoms with Crippen LogP contribution in [0.15, 0.2) is 73.1 Å². The molecule has 2 aromatic carbocycles. The molecule has 0 fully saturated rings. The molecule has 0 radical (unpaired) electrons. The minimum absolute atomic E-state index is 0.286. The van der Waals surface area contributed by atoms with Gasteiger partial charge in [-0.2, -0.15) is 13.2 Å². The predicted molar refractivity (Wildman–Crippen MR) is 113 cm³/mol. The third-order valence-corrected chi connectivity index (χ3v) is 5.40. The van der Waals surface area contributed by atoms with E-state index in [1.807, 2.05) is 35.0 Å². The zero-order chi connectivity index (χ0) is 22.3. The fourth-order valence-electron chi connectivity index (χ4n) is 3.80. The number of halogens is 3. The summed E-state index contributed by atoms with van der Waals surface area (Å²) in [4.78, 5) is 17.2. The van der Waals surface area contributed by atoms with E-state index in [0.29, 0.717) is 35.4 Å². The van der Waals surface area contributed by atoms with Gasteiger partial charge < -0.3 is 14.5 Å². The molecule has 2 aromatic heterocycles. The molecule has 0 spiro atoms. The Kier molecular flexibility index (Phi) is 4.84. The number of nitrogens with one attached hydrogen (secondary N) is 1. The van der Waals surface area contributed by atoms with E-state index in [-0.39, 0.29) is 12.0 Å². The van der Waals surface area contributed by atoms with Gasteiger partial charge in [0.15, 0.2) is 0 Å². The maximum absolute atomic E-state index is 12.8. The van der Waals surface area contributed by atoms with Gasteiger partial charge in [-0.05, 0) is 47.5 Å². The number of rotatable bonds is 3. The first-order chi connectivity index (χ1) is 15.4. The Hall–Kier alpha value is -3.81. The third-order valence-electron chi connectivity index (χ3n) is 5.40. The molecule has 0 aliphatic carbocycles. The highest BCUT2D eigenvalue weighted by Crippen LogP contribution is 2.33. The van der Waals surface area contributed by atoms with Gasteiger partial charge in [0, 0.05) is 18.8 Å². The molecule has 1 aliphatic heterocycles. The topological polar surface area (TPSA) is 55.6 Å². The highest BCUT2D eigenvalue weighted by atomic mass is 19.4. The molecule has 3 heterocycles. The number of hydrogen-bond acceptors (Lipinski definition) is 3. The standard InChI is InChI=1S/C24H18F3N3O2/c25-24(26,27)17-7-4-15(5-8-17)16-6-9-21-20(11-16)23(31)28-13-19(32-21)12-18-14-30-10-2-1-3-22(30)29-18/h1-11,14,19H,12-13H2,(H,28,31). The molecule has 5 rings (SSSR count). The van der Waals surface area contributed by atoms with Crippen molar-refractivity contribution in [2.75, 3.05) is 6.54 Å². The minimum Gasteiger partial charge on any atom is -0.487 e. The van der Waals surface area contributed by atoms with Crippen molar-refractivity contribution in [3.05, 3.63) is 89.9 Å². The summed E-state index contributed by atoms with van der Waals surface area (Å²) >= 11 is 0. The van der Waals surface area contributed by atoms with Gasteiger partial charge in [0.05, 0.1) is 23.4 Å². The first kappa shape index (κ1) is 20.1. The zero-order valence-electron chi connectivity index (χ0n) is 16.8. The third kappa shape index (κ3) is 3.91. The van der Waals surface area contributed by atoms with Crippen LogP contribution in [0.3, 0.4) is 0 Å². The van der Waals surface area contributed by atoms with Gasteiger partial charge in [0.1, 0.15) is 17.5 Å². The smallest absolute Gasteiger partial charge is 0.416 e.